The molecule has 1 aromatic rings. The molecule has 1 unspecified atom stereocenters. The van der Waals surface area contributed by atoms with Gasteiger partial charge in [-0.3, -0.25) is 9.59 Å². The molecule has 2 N–H and O–H groups in total. The van der Waals surface area contributed by atoms with Crippen molar-refractivity contribution in [3.63, 3.8) is 0 Å². The summed E-state index contributed by atoms with van der Waals surface area (Å²) in [5.41, 5.74) is 0.982. The van der Waals surface area contributed by atoms with Gasteiger partial charge in [0.25, 0.3) is 5.91 Å². The first-order valence-electron chi connectivity index (χ1n) is 7.25. The molecule has 7 heteroatoms. The Bertz CT molecular complexity index is 576. The van der Waals surface area contributed by atoms with Crippen LogP contribution in [0.3, 0.4) is 0 Å². The number of benzene rings is 1. The SMILES string of the molecule is CC(=O)Nc1ccc(C(=O)NC(CC(=O)[O-])C[N+](C)(C)C)cc1. The highest BCUT2D eigenvalue weighted by molar-refractivity contribution is 5.95. The van der Waals surface area contributed by atoms with Gasteiger partial charge in [0.2, 0.25) is 5.91 Å². The molecule has 0 aliphatic rings. The Kier molecular flexibility index (Phi) is 6.27. The minimum Gasteiger partial charge on any atom is -0.550 e. The molecule has 126 valence electrons. The summed E-state index contributed by atoms with van der Waals surface area (Å²) in [4.78, 5) is 34.0. The van der Waals surface area contributed by atoms with E-state index in [1.165, 1.54) is 6.92 Å². The Labute approximate surface area is 135 Å². The van der Waals surface area contributed by atoms with E-state index in [1.54, 1.807) is 24.3 Å². The van der Waals surface area contributed by atoms with Crippen LogP contribution in [-0.2, 0) is 9.59 Å². The second kappa shape index (κ2) is 7.73. The molecule has 1 aromatic carbocycles. The van der Waals surface area contributed by atoms with Crippen molar-refractivity contribution in [3.05, 3.63) is 29.8 Å². The number of nitrogens with one attached hydrogen (secondary N) is 2. The van der Waals surface area contributed by atoms with Crippen molar-refractivity contribution in [2.75, 3.05) is 33.0 Å². The van der Waals surface area contributed by atoms with Crippen molar-refractivity contribution in [3.8, 4) is 0 Å². The molecule has 23 heavy (non-hydrogen) atoms. The lowest BCUT2D eigenvalue weighted by molar-refractivity contribution is -0.871. The molecule has 0 aliphatic heterocycles. The number of hydrogen-bond donors (Lipinski definition) is 2. The van der Waals surface area contributed by atoms with Gasteiger partial charge in [0.05, 0.1) is 33.7 Å². The lowest BCUT2D eigenvalue weighted by Gasteiger charge is -2.30. The normalized spacial score (nSPS) is 12.3. The van der Waals surface area contributed by atoms with Gasteiger partial charge in [-0.15, -0.1) is 0 Å². The summed E-state index contributed by atoms with van der Waals surface area (Å²) >= 11 is 0. The average Bonchev–Trinajstić information content (AvgIpc) is 2.35. The van der Waals surface area contributed by atoms with Crippen LogP contribution in [0.15, 0.2) is 24.3 Å². The summed E-state index contributed by atoms with van der Waals surface area (Å²) in [6.07, 6.45) is -0.245. The number of anilines is 1. The van der Waals surface area contributed by atoms with E-state index in [1.807, 2.05) is 21.1 Å². The Hall–Kier alpha value is -2.41. The summed E-state index contributed by atoms with van der Waals surface area (Å²) in [7, 11) is 5.74. The molecule has 0 heterocycles. The van der Waals surface area contributed by atoms with Gasteiger partial charge in [-0.25, -0.2) is 0 Å². The van der Waals surface area contributed by atoms with Gasteiger partial charge >= 0.3 is 0 Å². The predicted octanol–water partition coefficient (Wildman–Crippen LogP) is -0.410. The van der Waals surface area contributed by atoms with Crippen molar-refractivity contribution >= 4 is 23.5 Å². The lowest BCUT2D eigenvalue weighted by Crippen LogP contribution is -2.50. The quantitative estimate of drug-likeness (QED) is 0.667. The molecule has 7 nitrogen and oxygen atoms in total. The van der Waals surface area contributed by atoms with Crippen molar-refractivity contribution in [1.29, 1.82) is 0 Å². The summed E-state index contributed by atoms with van der Waals surface area (Å²) in [6.45, 7) is 1.86. The number of carboxylic acids is 1. The fourth-order valence-electron chi connectivity index (χ4n) is 2.20. The second-order valence-electron chi connectivity index (χ2n) is 6.48. The van der Waals surface area contributed by atoms with Crippen molar-refractivity contribution in [2.45, 2.75) is 19.4 Å². The van der Waals surface area contributed by atoms with E-state index in [0.717, 1.165) is 0 Å². The van der Waals surface area contributed by atoms with Crippen molar-refractivity contribution < 1.29 is 24.0 Å². The van der Waals surface area contributed by atoms with Gasteiger partial charge in [-0.2, -0.15) is 0 Å². The van der Waals surface area contributed by atoms with E-state index in [0.29, 0.717) is 22.3 Å². The third kappa shape index (κ3) is 7.42. The van der Waals surface area contributed by atoms with Crippen LogP contribution in [0.4, 0.5) is 5.69 Å². The third-order valence-electron chi connectivity index (χ3n) is 2.98. The number of aliphatic carboxylic acids is 1. The van der Waals surface area contributed by atoms with Crippen LogP contribution in [0.1, 0.15) is 23.7 Å². The largest absolute Gasteiger partial charge is 0.550 e. The smallest absolute Gasteiger partial charge is 0.251 e. The van der Waals surface area contributed by atoms with Crippen molar-refractivity contribution in [2.24, 2.45) is 0 Å². The Morgan fingerprint density at radius 1 is 1.13 bits per heavy atom. The standard InChI is InChI=1S/C16H23N3O4/c1-11(20)17-13-7-5-12(6-8-13)16(23)18-14(9-15(21)22)10-19(2,3)4/h5-8,14H,9-10H2,1-4H3,(H2-,17,18,20,21,22,23). The number of likely N-dealkylation sites (N-methyl/N-ethyl adjacent to an activating group) is 1. The topological polar surface area (TPSA) is 98.3 Å². The number of amides is 2. The summed E-state index contributed by atoms with van der Waals surface area (Å²) in [5.74, 6) is -1.76. The number of carboxylic acid groups (broad SMARTS) is 1. The number of nitrogens with zero attached hydrogens (tertiary/aromatic N) is 1. The molecule has 0 aliphatic carbocycles. The fourth-order valence-corrected chi connectivity index (χ4v) is 2.20. The molecule has 1 rings (SSSR count). The molecule has 0 saturated heterocycles. The van der Waals surface area contributed by atoms with Crippen LogP contribution >= 0.6 is 0 Å². The van der Waals surface area contributed by atoms with Gasteiger partial charge in [0, 0.05) is 30.6 Å². The maximum atomic E-state index is 12.2. The highest BCUT2D eigenvalue weighted by Crippen LogP contribution is 2.10. The van der Waals surface area contributed by atoms with Gasteiger partial charge in [-0.1, -0.05) is 0 Å². The number of rotatable bonds is 7. The van der Waals surface area contributed by atoms with Gasteiger partial charge < -0.3 is 25.0 Å². The van der Waals surface area contributed by atoms with E-state index < -0.39 is 12.0 Å². The number of quaternary nitrogens is 1. The van der Waals surface area contributed by atoms with E-state index in [4.69, 9.17) is 0 Å². The zero-order valence-corrected chi connectivity index (χ0v) is 13.9. The highest BCUT2D eigenvalue weighted by Gasteiger charge is 2.21. The van der Waals surface area contributed by atoms with Gasteiger partial charge in [-0.05, 0) is 24.3 Å². The van der Waals surface area contributed by atoms with Crippen LogP contribution in [0.25, 0.3) is 0 Å². The van der Waals surface area contributed by atoms with Gasteiger partial charge in [0.1, 0.15) is 0 Å². The number of carbonyl (C=O) groups excluding carboxylic acids is 3. The van der Waals surface area contributed by atoms with E-state index in [2.05, 4.69) is 10.6 Å². The predicted molar refractivity (Wildman–Crippen MR) is 84.5 cm³/mol. The molecule has 1 atom stereocenters. The second-order valence-corrected chi connectivity index (χ2v) is 6.48. The Morgan fingerprint density at radius 2 is 1.70 bits per heavy atom. The lowest BCUT2D eigenvalue weighted by atomic mass is 10.1. The summed E-state index contributed by atoms with van der Waals surface area (Å²) in [5, 5.41) is 16.2. The maximum Gasteiger partial charge on any atom is 0.251 e. The first-order chi connectivity index (χ1) is 10.6. The zero-order chi connectivity index (χ0) is 17.6. The number of hydrogen-bond acceptors (Lipinski definition) is 4. The average molecular weight is 321 g/mol. The van der Waals surface area contributed by atoms with Crippen LogP contribution in [0.5, 0.6) is 0 Å². The first-order valence-corrected chi connectivity index (χ1v) is 7.25. The highest BCUT2D eigenvalue weighted by atomic mass is 16.4. The molecule has 0 bridgehead atoms. The molecule has 0 saturated carbocycles. The Balaban J connectivity index is 2.77. The molecular formula is C16H23N3O4. The first kappa shape index (κ1) is 18.6. The molecule has 0 spiro atoms. The monoisotopic (exact) mass is 321 g/mol. The summed E-state index contributed by atoms with van der Waals surface area (Å²) < 4.78 is 0.514. The van der Waals surface area contributed by atoms with Crippen LogP contribution in [0, 0.1) is 0 Å². The number of carbonyl (C=O) groups is 3. The third-order valence-corrected chi connectivity index (χ3v) is 2.98. The molecule has 0 radical (unpaired) electrons. The van der Waals surface area contributed by atoms with Gasteiger partial charge in [0.15, 0.2) is 0 Å². The minimum absolute atomic E-state index is 0.195. The molecular weight excluding hydrogens is 298 g/mol. The molecule has 0 fully saturated rings. The molecule has 2 amide bonds. The molecule has 0 aromatic heterocycles. The zero-order valence-electron chi connectivity index (χ0n) is 13.9. The van der Waals surface area contributed by atoms with Crippen LogP contribution in [-0.4, -0.2) is 56.0 Å². The summed E-state index contributed by atoms with van der Waals surface area (Å²) in [6, 6.07) is 5.85. The minimum atomic E-state index is -1.20. The maximum absolute atomic E-state index is 12.2. The fraction of sp³-hybridized carbons (Fsp3) is 0.438. The van der Waals surface area contributed by atoms with Crippen LogP contribution in [0.2, 0.25) is 0 Å². The van der Waals surface area contributed by atoms with Crippen molar-refractivity contribution in [1.82, 2.24) is 5.32 Å². The van der Waals surface area contributed by atoms with E-state index in [-0.39, 0.29) is 18.2 Å². The van der Waals surface area contributed by atoms with E-state index in [9.17, 15) is 19.5 Å². The Morgan fingerprint density at radius 3 is 2.13 bits per heavy atom. The van der Waals surface area contributed by atoms with Crippen LogP contribution < -0.4 is 15.7 Å². The van der Waals surface area contributed by atoms with E-state index >= 15 is 0 Å².